The van der Waals surface area contributed by atoms with Gasteiger partial charge in [-0.15, -0.1) is 0 Å². The minimum absolute atomic E-state index is 0.0000891. The lowest BCUT2D eigenvalue weighted by Crippen LogP contribution is -2.24. The standard InChI is InChI=1S/C19H21N3O4/c1-3-12(2)17(23)22-15-6-4-5-13(9-15)11-21-18(24)16-10-14(19(25)26)7-8-20-16/h4-10,12H,3,11H2,1-2H3,(H,21,24)(H,22,23)(H,25,26). The SMILES string of the molecule is CCC(C)C(=O)Nc1cccc(CNC(=O)c2cc(C(=O)O)ccn2)c1. The molecule has 1 atom stereocenters. The maximum atomic E-state index is 12.1. The number of rotatable bonds is 7. The molecule has 7 heteroatoms. The van der Waals surface area contributed by atoms with Gasteiger partial charge in [-0.05, 0) is 36.2 Å². The van der Waals surface area contributed by atoms with E-state index in [1.165, 1.54) is 18.3 Å². The molecule has 0 radical (unpaired) electrons. The molecule has 0 saturated heterocycles. The predicted molar refractivity (Wildman–Crippen MR) is 96.9 cm³/mol. The maximum absolute atomic E-state index is 12.1. The lowest BCUT2D eigenvalue weighted by Gasteiger charge is -2.11. The summed E-state index contributed by atoms with van der Waals surface area (Å²) in [6, 6.07) is 9.71. The van der Waals surface area contributed by atoms with Crippen molar-refractivity contribution in [1.29, 1.82) is 0 Å². The molecule has 0 spiro atoms. The van der Waals surface area contributed by atoms with Gasteiger partial charge < -0.3 is 15.7 Å². The molecule has 0 aliphatic rings. The highest BCUT2D eigenvalue weighted by atomic mass is 16.4. The van der Waals surface area contributed by atoms with Crippen LogP contribution in [0.25, 0.3) is 0 Å². The van der Waals surface area contributed by atoms with Gasteiger partial charge in [0.25, 0.3) is 5.91 Å². The number of carbonyl (C=O) groups excluding carboxylic acids is 2. The normalized spacial score (nSPS) is 11.5. The van der Waals surface area contributed by atoms with Crippen LogP contribution in [0.1, 0.15) is 46.7 Å². The molecular formula is C19H21N3O4. The number of hydrogen-bond acceptors (Lipinski definition) is 4. The molecule has 2 amide bonds. The summed E-state index contributed by atoms with van der Waals surface area (Å²) in [7, 11) is 0. The summed E-state index contributed by atoms with van der Waals surface area (Å²) in [5, 5.41) is 14.5. The first kappa shape index (κ1) is 19.1. The lowest BCUT2D eigenvalue weighted by molar-refractivity contribution is -0.119. The first-order chi connectivity index (χ1) is 12.4. The molecule has 1 aromatic heterocycles. The first-order valence-corrected chi connectivity index (χ1v) is 8.28. The molecule has 136 valence electrons. The van der Waals surface area contributed by atoms with Gasteiger partial charge in [0, 0.05) is 24.3 Å². The summed E-state index contributed by atoms with van der Waals surface area (Å²) < 4.78 is 0. The van der Waals surface area contributed by atoms with Crippen LogP contribution in [-0.4, -0.2) is 27.9 Å². The highest BCUT2D eigenvalue weighted by molar-refractivity contribution is 5.95. The first-order valence-electron chi connectivity index (χ1n) is 8.28. The maximum Gasteiger partial charge on any atom is 0.335 e. The van der Waals surface area contributed by atoms with E-state index in [1.807, 2.05) is 19.9 Å². The molecular weight excluding hydrogens is 334 g/mol. The van der Waals surface area contributed by atoms with Crippen LogP contribution in [0.5, 0.6) is 0 Å². The fourth-order valence-corrected chi connectivity index (χ4v) is 2.17. The van der Waals surface area contributed by atoms with Gasteiger partial charge in [-0.2, -0.15) is 0 Å². The number of benzene rings is 1. The van der Waals surface area contributed by atoms with Crippen molar-refractivity contribution >= 4 is 23.5 Å². The zero-order chi connectivity index (χ0) is 19.1. The lowest BCUT2D eigenvalue weighted by atomic mass is 10.1. The smallest absolute Gasteiger partial charge is 0.335 e. The predicted octanol–water partition coefficient (Wildman–Crippen LogP) is 2.69. The van der Waals surface area contributed by atoms with Crippen LogP contribution in [0, 0.1) is 5.92 Å². The molecule has 2 aromatic rings. The van der Waals surface area contributed by atoms with E-state index in [-0.39, 0.29) is 29.6 Å². The summed E-state index contributed by atoms with van der Waals surface area (Å²) in [6.07, 6.45) is 2.04. The third kappa shape index (κ3) is 5.14. The van der Waals surface area contributed by atoms with E-state index in [4.69, 9.17) is 5.11 Å². The van der Waals surface area contributed by atoms with Crippen LogP contribution in [0.3, 0.4) is 0 Å². The van der Waals surface area contributed by atoms with Gasteiger partial charge in [-0.3, -0.25) is 14.6 Å². The Hall–Kier alpha value is -3.22. The summed E-state index contributed by atoms with van der Waals surface area (Å²) in [5.74, 6) is -1.72. The summed E-state index contributed by atoms with van der Waals surface area (Å²) in [6.45, 7) is 4.03. The van der Waals surface area contributed by atoms with Gasteiger partial charge in [-0.1, -0.05) is 26.0 Å². The molecule has 26 heavy (non-hydrogen) atoms. The molecule has 7 nitrogen and oxygen atoms in total. The summed E-state index contributed by atoms with van der Waals surface area (Å²) in [4.78, 5) is 38.9. The van der Waals surface area contributed by atoms with Crippen molar-refractivity contribution in [2.75, 3.05) is 5.32 Å². The Morgan fingerprint density at radius 3 is 2.65 bits per heavy atom. The number of hydrogen-bond donors (Lipinski definition) is 3. The van der Waals surface area contributed by atoms with E-state index >= 15 is 0 Å². The number of carboxylic acid groups (broad SMARTS) is 1. The van der Waals surface area contributed by atoms with Gasteiger partial charge in [0.05, 0.1) is 5.56 Å². The van der Waals surface area contributed by atoms with Crippen LogP contribution in [0.4, 0.5) is 5.69 Å². The number of pyridine rings is 1. The number of carboxylic acids is 1. The topological polar surface area (TPSA) is 108 Å². The Balaban J connectivity index is 2.00. The zero-order valence-corrected chi connectivity index (χ0v) is 14.7. The molecule has 0 fully saturated rings. The monoisotopic (exact) mass is 355 g/mol. The number of amides is 2. The molecule has 0 saturated carbocycles. The average Bonchev–Trinajstić information content (AvgIpc) is 2.65. The van der Waals surface area contributed by atoms with Gasteiger partial charge in [0.2, 0.25) is 5.91 Å². The third-order valence-corrected chi connectivity index (χ3v) is 3.95. The van der Waals surface area contributed by atoms with Crippen molar-refractivity contribution in [3.8, 4) is 0 Å². The Morgan fingerprint density at radius 2 is 1.96 bits per heavy atom. The summed E-state index contributed by atoms with van der Waals surface area (Å²) in [5.41, 5.74) is 1.49. The number of nitrogens with zero attached hydrogens (tertiary/aromatic N) is 1. The molecule has 2 rings (SSSR count). The summed E-state index contributed by atoms with van der Waals surface area (Å²) >= 11 is 0. The second kappa shape index (κ2) is 8.75. The van der Waals surface area contributed by atoms with Gasteiger partial charge in [-0.25, -0.2) is 4.79 Å². The Morgan fingerprint density at radius 1 is 1.19 bits per heavy atom. The average molecular weight is 355 g/mol. The van der Waals surface area contributed by atoms with Crippen LogP contribution < -0.4 is 10.6 Å². The van der Waals surface area contributed by atoms with E-state index in [0.29, 0.717) is 5.69 Å². The van der Waals surface area contributed by atoms with Gasteiger partial charge >= 0.3 is 5.97 Å². The number of aromatic nitrogens is 1. The van der Waals surface area contributed by atoms with Crippen LogP contribution >= 0.6 is 0 Å². The quantitative estimate of drug-likeness (QED) is 0.707. The highest BCUT2D eigenvalue weighted by Crippen LogP contribution is 2.13. The van der Waals surface area contributed by atoms with Crippen LogP contribution in [-0.2, 0) is 11.3 Å². The number of anilines is 1. The number of carbonyl (C=O) groups is 3. The van der Waals surface area contributed by atoms with Gasteiger partial charge in [0.15, 0.2) is 0 Å². The highest BCUT2D eigenvalue weighted by Gasteiger charge is 2.12. The fourth-order valence-electron chi connectivity index (χ4n) is 2.17. The Labute approximate surface area is 151 Å². The molecule has 3 N–H and O–H groups in total. The van der Waals surface area contributed by atoms with E-state index in [0.717, 1.165) is 12.0 Å². The van der Waals surface area contributed by atoms with Gasteiger partial charge in [0.1, 0.15) is 5.69 Å². The van der Waals surface area contributed by atoms with Crippen molar-refractivity contribution in [2.24, 2.45) is 5.92 Å². The minimum Gasteiger partial charge on any atom is -0.478 e. The zero-order valence-electron chi connectivity index (χ0n) is 14.7. The van der Waals surface area contributed by atoms with Crippen molar-refractivity contribution in [1.82, 2.24) is 10.3 Å². The second-order valence-electron chi connectivity index (χ2n) is 5.92. The number of nitrogens with one attached hydrogen (secondary N) is 2. The van der Waals surface area contributed by atoms with E-state index in [1.54, 1.807) is 18.2 Å². The molecule has 1 aromatic carbocycles. The van der Waals surface area contributed by atoms with E-state index < -0.39 is 11.9 Å². The van der Waals surface area contributed by atoms with Crippen molar-refractivity contribution in [3.63, 3.8) is 0 Å². The second-order valence-corrected chi connectivity index (χ2v) is 5.92. The Bertz CT molecular complexity index is 820. The van der Waals surface area contributed by atoms with E-state index in [9.17, 15) is 14.4 Å². The number of aromatic carboxylic acids is 1. The van der Waals surface area contributed by atoms with Crippen LogP contribution in [0.2, 0.25) is 0 Å². The van der Waals surface area contributed by atoms with E-state index in [2.05, 4.69) is 15.6 Å². The minimum atomic E-state index is -1.12. The largest absolute Gasteiger partial charge is 0.478 e. The van der Waals surface area contributed by atoms with Crippen LogP contribution in [0.15, 0.2) is 42.6 Å². The Kier molecular flexibility index (Phi) is 6.43. The van der Waals surface area contributed by atoms with Crippen molar-refractivity contribution in [3.05, 3.63) is 59.4 Å². The van der Waals surface area contributed by atoms with Crippen molar-refractivity contribution < 1.29 is 19.5 Å². The molecule has 0 aliphatic heterocycles. The van der Waals surface area contributed by atoms with Crippen molar-refractivity contribution in [2.45, 2.75) is 26.8 Å². The third-order valence-electron chi connectivity index (χ3n) is 3.95. The molecule has 1 unspecified atom stereocenters. The molecule has 1 heterocycles. The fraction of sp³-hybridized carbons (Fsp3) is 0.263. The molecule has 0 aliphatic carbocycles. The molecule has 0 bridgehead atoms.